The number of hydrogen-bond acceptors (Lipinski definition) is 3. The summed E-state index contributed by atoms with van der Waals surface area (Å²) in [5.74, 6) is -1.64. The van der Waals surface area contributed by atoms with Gasteiger partial charge in [-0.2, -0.15) is 0 Å². The van der Waals surface area contributed by atoms with E-state index in [1.807, 2.05) is 12.1 Å². The number of halogens is 3. The monoisotopic (exact) mass is 478 g/mol. The number of amides is 1. The van der Waals surface area contributed by atoms with Crippen LogP contribution in [0, 0.1) is 5.82 Å². The fourth-order valence-electron chi connectivity index (χ4n) is 3.49. The molecular weight excluding hydrogens is 462 g/mol. The average Bonchev–Trinajstić information content (AvgIpc) is 2.76. The molecule has 160 valence electrons. The van der Waals surface area contributed by atoms with Crippen LogP contribution in [0.5, 0.6) is 0 Å². The summed E-state index contributed by atoms with van der Waals surface area (Å²) < 4.78 is 42.4. The first kappa shape index (κ1) is 21.6. The van der Waals surface area contributed by atoms with E-state index in [9.17, 15) is 17.6 Å². The maximum atomic E-state index is 14.4. The number of fused-ring (bicyclic) bond motifs is 1. The van der Waals surface area contributed by atoms with E-state index in [-0.39, 0.29) is 9.92 Å². The van der Waals surface area contributed by atoms with Crippen molar-refractivity contribution < 1.29 is 17.6 Å². The van der Waals surface area contributed by atoms with Gasteiger partial charge in [0.25, 0.3) is 15.9 Å². The first-order chi connectivity index (χ1) is 14.8. The highest BCUT2D eigenvalue weighted by molar-refractivity contribution is 7.92. The normalized spacial score (nSPS) is 13.6. The largest absolute Gasteiger partial charge is 0.322 e. The molecule has 0 unspecified atom stereocenters. The van der Waals surface area contributed by atoms with Gasteiger partial charge in [-0.3, -0.25) is 9.10 Å². The Morgan fingerprint density at radius 2 is 1.77 bits per heavy atom. The van der Waals surface area contributed by atoms with Gasteiger partial charge in [0, 0.05) is 12.2 Å². The van der Waals surface area contributed by atoms with E-state index in [1.165, 1.54) is 22.5 Å². The first-order valence-electron chi connectivity index (χ1n) is 9.44. The van der Waals surface area contributed by atoms with Gasteiger partial charge in [0.15, 0.2) is 0 Å². The van der Waals surface area contributed by atoms with Crippen LogP contribution in [-0.2, 0) is 16.4 Å². The van der Waals surface area contributed by atoms with Crippen molar-refractivity contribution in [2.75, 3.05) is 16.2 Å². The topological polar surface area (TPSA) is 66.5 Å². The van der Waals surface area contributed by atoms with Gasteiger partial charge in [0.05, 0.1) is 26.2 Å². The predicted octanol–water partition coefficient (Wildman–Crippen LogP) is 5.53. The summed E-state index contributed by atoms with van der Waals surface area (Å²) in [4.78, 5) is 12.5. The fourth-order valence-corrected chi connectivity index (χ4v) is 5.35. The molecular formula is C22H17Cl2FN2O3S. The van der Waals surface area contributed by atoms with Crippen LogP contribution in [-0.4, -0.2) is 20.9 Å². The molecule has 3 aromatic carbocycles. The molecule has 31 heavy (non-hydrogen) atoms. The number of benzene rings is 3. The van der Waals surface area contributed by atoms with Gasteiger partial charge in [0.2, 0.25) is 0 Å². The highest BCUT2D eigenvalue weighted by Crippen LogP contribution is 2.32. The molecule has 4 rings (SSSR count). The molecule has 0 aromatic heterocycles. The predicted molar refractivity (Wildman–Crippen MR) is 120 cm³/mol. The molecule has 1 aliphatic rings. The number of hydrogen-bond donors (Lipinski definition) is 1. The van der Waals surface area contributed by atoms with Crippen LogP contribution in [0.15, 0.2) is 65.6 Å². The smallest absolute Gasteiger partial charge is 0.264 e. The molecule has 0 fully saturated rings. The molecule has 3 aromatic rings. The zero-order chi connectivity index (χ0) is 22.2. The quantitative estimate of drug-likeness (QED) is 0.536. The summed E-state index contributed by atoms with van der Waals surface area (Å²) in [7, 11) is -3.99. The van der Waals surface area contributed by atoms with Crippen LogP contribution in [0.4, 0.5) is 15.8 Å². The van der Waals surface area contributed by atoms with Gasteiger partial charge in [-0.05, 0) is 60.9 Å². The van der Waals surface area contributed by atoms with Crippen molar-refractivity contribution in [3.63, 3.8) is 0 Å². The highest BCUT2D eigenvalue weighted by atomic mass is 35.5. The Labute approximate surface area is 189 Å². The van der Waals surface area contributed by atoms with Crippen LogP contribution in [0.3, 0.4) is 0 Å². The van der Waals surface area contributed by atoms with E-state index in [0.717, 1.165) is 30.2 Å². The highest BCUT2D eigenvalue weighted by Gasteiger charge is 2.30. The molecule has 0 aliphatic carbocycles. The summed E-state index contributed by atoms with van der Waals surface area (Å²) in [6.45, 7) is 0.307. The lowest BCUT2D eigenvalue weighted by molar-refractivity contribution is 0.102. The van der Waals surface area contributed by atoms with Crippen LogP contribution in [0.1, 0.15) is 22.3 Å². The van der Waals surface area contributed by atoms with Crippen molar-refractivity contribution in [2.45, 2.75) is 17.7 Å². The van der Waals surface area contributed by atoms with Crippen LogP contribution >= 0.6 is 23.2 Å². The van der Waals surface area contributed by atoms with Crippen LogP contribution in [0.25, 0.3) is 0 Å². The van der Waals surface area contributed by atoms with Crippen molar-refractivity contribution in [1.82, 2.24) is 0 Å². The Hall–Kier alpha value is -2.61. The molecule has 1 heterocycles. The SMILES string of the molecule is O=C(Nc1ccc(Cl)c(Cl)c1)c1cc(S(=O)(=O)N2CCCc3ccccc32)ccc1F. The Balaban J connectivity index is 1.67. The third kappa shape index (κ3) is 4.26. The molecule has 1 amide bonds. The second-order valence-electron chi connectivity index (χ2n) is 7.03. The number of anilines is 2. The number of carbonyl (C=O) groups is 1. The lowest BCUT2D eigenvalue weighted by atomic mass is 10.0. The number of aryl methyl sites for hydroxylation is 1. The summed E-state index contributed by atoms with van der Waals surface area (Å²) in [6.07, 6.45) is 1.45. The maximum absolute atomic E-state index is 14.4. The molecule has 1 N–H and O–H groups in total. The molecule has 0 spiro atoms. The summed E-state index contributed by atoms with van der Waals surface area (Å²) >= 11 is 11.8. The van der Waals surface area contributed by atoms with Crippen molar-refractivity contribution >= 4 is 50.5 Å². The van der Waals surface area contributed by atoms with Gasteiger partial charge in [-0.25, -0.2) is 12.8 Å². The van der Waals surface area contributed by atoms with Gasteiger partial charge in [0.1, 0.15) is 5.82 Å². The third-order valence-corrected chi connectivity index (χ3v) is 7.56. The van der Waals surface area contributed by atoms with Crippen LogP contribution in [0.2, 0.25) is 10.0 Å². The number of sulfonamides is 1. The third-order valence-electron chi connectivity index (χ3n) is 5.02. The maximum Gasteiger partial charge on any atom is 0.264 e. The molecule has 1 aliphatic heterocycles. The standard InChI is InChI=1S/C22H17Cl2FN2O3S/c23-18-9-7-15(12-19(18)24)26-22(28)17-13-16(8-10-20(17)25)31(29,30)27-11-3-5-14-4-1-2-6-21(14)27/h1-2,4,6-10,12-13H,3,5,11H2,(H,26,28). The Morgan fingerprint density at radius 1 is 1.00 bits per heavy atom. The van der Waals surface area contributed by atoms with E-state index in [4.69, 9.17) is 23.2 Å². The summed E-state index contributed by atoms with van der Waals surface area (Å²) in [5, 5.41) is 3.04. The molecule has 5 nitrogen and oxygen atoms in total. The minimum absolute atomic E-state index is 0.162. The van der Waals surface area contributed by atoms with Gasteiger partial charge >= 0.3 is 0 Å². The lowest BCUT2D eigenvalue weighted by Gasteiger charge is -2.30. The molecule has 0 radical (unpaired) electrons. The van der Waals surface area contributed by atoms with Gasteiger partial charge in [-0.1, -0.05) is 41.4 Å². The molecule has 0 atom stereocenters. The number of para-hydroxylation sites is 1. The molecule has 0 saturated carbocycles. The molecule has 0 saturated heterocycles. The molecule has 0 bridgehead atoms. The minimum Gasteiger partial charge on any atom is -0.322 e. The van der Waals surface area contributed by atoms with Crippen LogP contribution < -0.4 is 9.62 Å². The Kier molecular flexibility index (Phi) is 5.92. The number of nitrogens with one attached hydrogen (secondary N) is 1. The number of rotatable bonds is 4. The lowest BCUT2D eigenvalue weighted by Crippen LogP contribution is -2.35. The summed E-state index contributed by atoms with van der Waals surface area (Å²) in [6, 6.07) is 14.9. The molecule has 9 heteroatoms. The van der Waals surface area contributed by atoms with Gasteiger partial charge in [-0.15, -0.1) is 0 Å². The average molecular weight is 479 g/mol. The second-order valence-corrected chi connectivity index (χ2v) is 9.71. The Bertz CT molecular complexity index is 1280. The van der Waals surface area contributed by atoms with Crippen molar-refractivity contribution in [1.29, 1.82) is 0 Å². The Morgan fingerprint density at radius 3 is 2.55 bits per heavy atom. The minimum atomic E-state index is -3.99. The van der Waals surface area contributed by atoms with Crippen molar-refractivity contribution in [3.8, 4) is 0 Å². The number of nitrogens with zero attached hydrogens (tertiary/aromatic N) is 1. The zero-order valence-corrected chi connectivity index (χ0v) is 18.4. The van der Waals surface area contributed by atoms with Crippen molar-refractivity contribution in [2.24, 2.45) is 0 Å². The fraction of sp³-hybridized carbons (Fsp3) is 0.136. The first-order valence-corrected chi connectivity index (χ1v) is 11.6. The number of carbonyl (C=O) groups excluding carboxylic acids is 1. The van der Waals surface area contributed by atoms with E-state index in [0.29, 0.717) is 29.4 Å². The van der Waals surface area contributed by atoms with E-state index in [1.54, 1.807) is 12.1 Å². The second kappa shape index (κ2) is 8.49. The van der Waals surface area contributed by atoms with E-state index >= 15 is 0 Å². The zero-order valence-electron chi connectivity index (χ0n) is 16.1. The van der Waals surface area contributed by atoms with E-state index in [2.05, 4.69) is 5.32 Å². The van der Waals surface area contributed by atoms with Gasteiger partial charge < -0.3 is 5.32 Å². The van der Waals surface area contributed by atoms with E-state index < -0.39 is 27.3 Å². The summed E-state index contributed by atoms with van der Waals surface area (Å²) in [5.41, 5.74) is 1.44. The van der Waals surface area contributed by atoms with Crippen molar-refractivity contribution in [3.05, 3.63) is 87.7 Å².